The highest BCUT2D eigenvalue weighted by Crippen LogP contribution is 2.28. The number of nitrogen functional groups attached to an aromatic ring is 1. The maximum Gasteiger partial charge on any atom is 0.230 e. The smallest absolute Gasteiger partial charge is 0.230 e. The van der Waals surface area contributed by atoms with Crippen LogP contribution in [0.1, 0.15) is 32.6 Å². The number of hydrogen-bond acceptors (Lipinski definition) is 3. The van der Waals surface area contributed by atoms with Gasteiger partial charge < -0.3 is 11.1 Å². The SMILES string of the molecule is CC1CCC(NC(=O)CSc2cc(Cl)ccc2N)CC1. The van der Waals surface area contributed by atoms with Gasteiger partial charge in [0.2, 0.25) is 5.91 Å². The summed E-state index contributed by atoms with van der Waals surface area (Å²) in [4.78, 5) is 12.8. The number of halogens is 1. The minimum absolute atomic E-state index is 0.0777. The summed E-state index contributed by atoms with van der Waals surface area (Å²) >= 11 is 7.37. The fourth-order valence-corrected chi connectivity index (χ4v) is 3.50. The zero-order valence-electron chi connectivity index (χ0n) is 11.7. The molecule has 1 saturated carbocycles. The molecule has 0 heterocycles. The number of anilines is 1. The molecule has 0 saturated heterocycles. The molecule has 0 unspecified atom stereocenters. The first-order valence-corrected chi connectivity index (χ1v) is 8.38. The monoisotopic (exact) mass is 312 g/mol. The van der Waals surface area contributed by atoms with Gasteiger partial charge in [-0.05, 0) is 49.8 Å². The lowest BCUT2D eigenvalue weighted by molar-refractivity contribution is -0.119. The first-order chi connectivity index (χ1) is 9.54. The van der Waals surface area contributed by atoms with E-state index in [0.29, 0.717) is 22.5 Å². The van der Waals surface area contributed by atoms with Crippen LogP contribution in [0.4, 0.5) is 5.69 Å². The average Bonchev–Trinajstić information content (AvgIpc) is 2.42. The molecule has 0 aromatic heterocycles. The molecular weight excluding hydrogens is 292 g/mol. The minimum atomic E-state index is 0.0777. The van der Waals surface area contributed by atoms with Crippen molar-refractivity contribution in [3.63, 3.8) is 0 Å². The number of nitrogens with two attached hydrogens (primary N) is 1. The van der Waals surface area contributed by atoms with Crippen LogP contribution in [0.25, 0.3) is 0 Å². The van der Waals surface area contributed by atoms with Gasteiger partial charge in [-0.1, -0.05) is 18.5 Å². The molecule has 1 amide bonds. The van der Waals surface area contributed by atoms with Crippen molar-refractivity contribution in [1.82, 2.24) is 5.32 Å². The summed E-state index contributed by atoms with van der Waals surface area (Å²) in [5.74, 6) is 1.26. The van der Waals surface area contributed by atoms with Crippen LogP contribution >= 0.6 is 23.4 Å². The highest BCUT2D eigenvalue weighted by molar-refractivity contribution is 8.00. The maximum absolute atomic E-state index is 12.0. The Morgan fingerprint density at radius 3 is 2.80 bits per heavy atom. The lowest BCUT2D eigenvalue weighted by Crippen LogP contribution is -2.38. The van der Waals surface area contributed by atoms with Gasteiger partial charge in [0.05, 0.1) is 5.75 Å². The molecule has 5 heteroatoms. The summed E-state index contributed by atoms with van der Waals surface area (Å²) in [5, 5.41) is 3.75. The van der Waals surface area contributed by atoms with Crippen molar-refractivity contribution in [2.45, 2.75) is 43.5 Å². The predicted molar refractivity (Wildman–Crippen MR) is 86.2 cm³/mol. The van der Waals surface area contributed by atoms with Gasteiger partial charge in [0.1, 0.15) is 0 Å². The molecular formula is C15H21ClN2OS. The Kier molecular flexibility index (Phi) is 5.61. The van der Waals surface area contributed by atoms with Crippen LogP contribution in [-0.4, -0.2) is 17.7 Å². The van der Waals surface area contributed by atoms with Crippen LogP contribution in [0.2, 0.25) is 5.02 Å². The van der Waals surface area contributed by atoms with Crippen molar-refractivity contribution in [2.24, 2.45) is 5.92 Å². The molecule has 20 heavy (non-hydrogen) atoms. The van der Waals surface area contributed by atoms with Crippen molar-refractivity contribution < 1.29 is 4.79 Å². The van der Waals surface area contributed by atoms with Gasteiger partial charge in [0.25, 0.3) is 0 Å². The van der Waals surface area contributed by atoms with Crippen LogP contribution in [0, 0.1) is 5.92 Å². The predicted octanol–water partition coefficient (Wildman–Crippen LogP) is 3.71. The molecule has 1 aromatic carbocycles. The normalized spacial score (nSPS) is 22.5. The summed E-state index contributed by atoms with van der Waals surface area (Å²) in [5.41, 5.74) is 6.53. The van der Waals surface area contributed by atoms with E-state index in [0.717, 1.165) is 23.7 Å². The lowest BCUT2D eigenvalue weighted by Gasteiger charge is -2.26. The van der Waals surface area contributed by atoms with Crippen LogP contribution < -0.4 is 11.1 Å². The second kappa shape index (κ2) is 7.23. The van der Waals surface area contributed by atoms with Gasteiger partial charge in [0, 0.05) is 21.6 Å². The van der Waals surface area contributed by atoms with Crippen molar-refractivity contribution in [1.29, 1.82) is 0 Å². The third kappa shape index (κ3) is 4.60. The summed E-state index contributed by atoms with van der Waals surface area (Å²) in [7, 11) is 0. The van der Waals surface area contributed by atoms with Crippen molar-refractivity contribution in [3.05, 3.63) is 23.2 Å². The van der Waals surface area contributed by atoms with Crippen molar-refractivity contribution >= 4 is 35.0 Å². The summed E-state index contributed by atoms with van der Waals surface area (Å²) in [6.07, 6.45) is 4.60. The molecule has 2 rings (SSSR count). The van der Waals surface area contributed by atoms with Crippen LogP contribution in [0.3, 0.4) is 0 Å². The molecule has 3 nitrogen and oxygen atoms in total. The Morgan fingerprint density at radius 2 is 2.10 bits per heavy atom. The van der Waals surface area contributed by atoms with Crippen molar-refractivity contribution in [2.75, 3.05) is 11.5 Å². The topological polar surface area (TPSA) is 55.1 Å². The zero-order chi connectivity index (χ0) is 14.5. The van der Waals surface area contributed by atoms with Gasteiger partial charge in [-0.2, -0.15) is 0 Å². The number of carbonyl (C=O) groups is 1. The van der Waals surface area contributed by atoms with Gasteiger partial charge in [-0.25, -0.2) is 0 Å². The molecule has 3 N–H and O–H groups in total. The number of thioether (sulfide) groups is 1. The Balaban J connectivity index is 1.79. The second-order valence-corrected chi connectivity index (χ2v) is 6.95. The quantitative estimate of drug-likeness (QED) is 0.658. The summed E-state index contributed by atoms with van der Waals surface area (Å²) in [6.45, 7) is 2.27. The van der Waals surface area contributed by atoms with Crippen LogP contribution in [0.15, 0.2) is 23.1 Å². The molecule has 0 radical (unpaired) electrons. The number of rotatable bonds is 4. The fourth-order valence-electron chi connectivity index (χ4n) is 2.45. The Morgan fingerprint density at radius 1 is 1.40 bits per heavy atom. The third-order valence-electron chi connectivity index (χ3n) is 3.72. The molecule has 1 aliphatic rings. The Labute approximate surface area is 129 Å². The van der Waals surface area contributed by atoms with E-state index >= 15 is 0 Å². The minimum Gasteiger partial charge on any atom is -0.398 e. The standard InChI is InChI=1S/C15H21ClN2OS/c1-10-2-5-12(6-3-10)18-15(19)9-20-14-8-11(16)4-7-13(14)17/h4,7-8,10,12H,2-3,5-6,9,17H2,1H3,(H,18,19). The highest BCUT2D eigenvalue weighted by Gasteiger charge is 2.19. The van der Waals surface area contributed by atoms with E-state index in [9.17, 15) is 4.79 Å². The molecule has 0 spiro atoms. The summed E-state index contributed by atoms with van der Waals surface area (Å²) < 4.78 is 0. The Hall–Kier alpha value is -0.870. The first kappa shape index (κ1) is 15.5. The highest BCUT2D eigenvalue weighted by atomic mass is 35.5. The van der Waals surface area contributed by atoms with Crippen LogP contribution in [0.5, 0.6) is 0 Å². The van der Waals surface area contributed by atoms with E-state index in [1.807, 2.05) is 0 Å². The third-order valence-corrected chi connectivity index (χ3v) is 5.02. The van der Waals surface area contributed by atoms with Gasteiger partial charge in [-0.15, -0.1) is 11.8 Å². The number of hydrogen-bond donors (Lipinski definition) is 2. The average molecular weight is 313 g/mol. The number of nitrogens with one attached hydrogen (secondary N) is 1. The molecule has 1 aliphatic carbocycles. The molecule has 0 atom stereocenters. The van der Waals surface area contributed by atoms with Crippen molar-refractivity contribution in [3.8, 4) is 0 Å². The zero-order valence-corrected chi connectivity index (χ0v) is 13.3. The fraction of sp³-hybridized carbons (Fsp3) is 0.533. The number of benzene rings is 1. The van der Waals surface area contributed by atoms with E-state index in [1.54, 1.807) is 18.2 Å². The number of carbonyl (C=O) groups excluding carboxylic acids is 1. The second-order valence-electron chi connectivity index (χ2n) is 5.50. The molecule has 110 valence electrons. The lowest BCUT2D eigenvalue weighted by atomic mass is 9.87. The molecule has 1 fully saturated rings. The molecule has 0 aliphatic heterocycles. The van der Waals surface area contributed by atoms with E-state index in [-0.39, 0.29) is 5.91 Å². The number of amides is 1. The first-order valence-electron chi connectivity index (χ1n) is 7.02. The van der Waals surface area contributed by atoms with Gasteiger partial charge in [-0.3, -0.25) is 4.79 Å². The maximum atomic E-state index is 12.0. The van der Waals surface area contributed by atoms with Crippen LogP contribution in [-0.2, 0) is 4.79 Å². The molecule has 1 aromatic rings. The van der Waals surface area contributed by atoms with E-state index in [2.05, 4.69) is 12.2 Å². The summed E-state index contributed by atoms with van der Waals surface area (Å²) in [6, 6.07) is 5.67. The van der Waals surface area contributed by atoms with Gasteiger partial charge in [0.15, 0.2) is 0 Å². The molecule has 0 bridgehead atoms. The van der Waals surface area contributed by atoms with E-state index in [4.69, 9.17) is 17.3 Å². The largest absolute Gasteiger partial charge is 0.398 e. The van der Waals surface area contributed by atoms with E-state index in [1.165, 1.54) is 24.6 Å². The Bertz CT molecular complexity index is 473. The van der Waals surface area contributed by atoms with Gasteiger partial charge >= 0.3 is 0 Å². The van der Waals surface area contributed by atoms with E-state index < -0.39 is 0 Å².